The number of hydrogen-bond acceptors (Lipinski definition) is 6. The van der Waals surface area contributed by atoms with E-state index < -0.39 is 14.9 Å². The fourth-order valence-corrected chi connectivity index (χ4v) is 4.39. The van der Waals surface area contributed by atoms with Crippen LogP contribution in [0.2, 0.25) is 5.02 Å². The molecule has 1 fully saturated rings. The van der Waals surface area contributed by atoms with Gasteiger partial charge < -0.3 is 5.32 Å². The van der Waals surface area contributed by atoms with Crippen LogP contribution in [0.4, 0.5) is 11.4 Å². The Labute approximate surface area is 168 Å². The number of benzene rings is 2. The van der Waals surface area contributed by atoms with Crippen molar-refractivity contribution < 1.29 is 13.3 Å². The van der Waals surface area contributed by atoms with Gasteiger partial charge in [-0.05, 0) is 50.3 Å². The molecule has 28 heavy (non-hydrogen) atoms. The van der Waals surface area contributed by atoms with E-state index in [0.717, 1.165) is 24.6 Å². The van der Waals surface area contributed by atoms with Crippen LogP contribution in [0.1, 0.15) is 18.0 Å². The predicted octanol–water partition coefficient (Wildman–Crippen LogP) is 3.01. The number of anilines is 1. The molecular formula is C18H21ClN4O4S. The van der Waals surface area contributed by atoms with Crippen LogP contribution in [0.25, 0.3) is 0 Å². The minimum atomic E-state index is -3.77. The first-order valence-electron chi connectivity index (χ1n) is 8.67. The van der Waals surface area contributed by atoms with E-state index in [1.54, 1.807) is 0 Å². The van der Waals surface area contributed by atoms with Crippen LogP contribution in [-0.2, 0) is 10.0 Å². The molecule has 1 aliphatic rings. The zero-order valence-electron chi connectivity index (χ0n) is 15.4. The molecule has 0 aliphatic carbocycles. The molecule has 0 amide bonds. The SMILES string of the molecule is CNS(=O)(=O)c1ccc(NC2CCN(C)C2c2ccc(Cl)cc2)c([N+](=O)[O-])c1. The summed E-state index contributed by atoms with van der Waals surface area (Å²) in [6.07, 6.45) is 0.789. The minimum Gasteiger partial charge on any atom is -0.375 e. The molecule has 0 aromatic heterocycles. The molecule has 0 bridgehead atoms. The number of halogens is 1. The van der Waals surface area contributed by atoms with Gasteiger partial charge >= 0.3 is 0 Å². The standard InChI is InChI=1S/C18H21ClN4O4S/c1-20-28(26,27)14-7-8-15(17(11-14)23(24)25)21-16-9-10-22(2)18(16)12-3-5-13(19)6-4-12/h3-8,11,16,18,20-21H,9-10H2,1-2H3. The molecule has 2 aromatic rings. The predicted molar refractivity (Wildman–Crippen MR) is 108 cm³/mol. The van der Waals surface area contributed by atoms with Gasteiger partial charge in [0.15, 0.2) is 0 Å². The molecule has 0 saturated carbocycles. The Balaban J connectivity index is 1.93. The topological polar surface area (TPSA) is 105 Å². The van der Waals surface area contributed by atoms with E-state index in [9.17, 15) is 18.5 Å². The molecule has 1 heterocycles. The summed E-state index contributed by atoms with van der Waals surface area (Å²) in [6, 6.07) is 11.3. The van der Waals surface area contributed by atoms with E-state index >= 15 is 0 Å². The number of likely N-dealkylation sites (N-methyl/N-ethyl adjacent to an activating group) is 1. The van der Waals surface area contributed by atoms with Gasteiger partial charge in [0.1, 0.15) is 5.69 Å². The molecule has 2 N–H and O–H groups in total. The van der Waals surface area contributed by atoms with E-state index in [1.165, 1.54) is 19.2 Å². The maximum Gasteiger partial charge on any atom is 0.293 e. The highest BCUT2D eigenvalue weighted by Gasteiger charge is 2.34. The van der Waals surface area contributed by atoms with E-state index in [-0.39, 0.29) is 22.7 Å². The van der Waals surface area contributed by atoms with Crippen molar-refractivity contribution in [1.29, 1.82) is 0 Å². The number of sulfonamides is 1. The molecule has 2 unspecified atom stereocenters. The number of nitro benzene ring substituents is 1. The Hall–Kier alpha value is -2.20. The largest absolute Gasteiger partial charge is 0.375 e. The highest BCUT2D eigenvalue weighted by Crippen LogP contribution is 2.36. The molecule has 2 atom stereocenters. The lowest BCUT2D eigenvalue weighted by molar-refractivity contribution is -0.384. The summed E-state index contributed by atoms with van der Waals surface area (Å²) >= 11 is 5.98. The zero-order chi connectivity index (χ0) is 20.5. The van der Waals surface area contributed by atoms with Crippen molar-refractivity contribution in [3.8, 4) is 0 Å². The highest BCUT2D eigenvalue weighted by atomic mass is 35.5. The smallest absolute Gasteiger partial charge is 0.293 e. The number of likely N-dealkylation sites (tertiary alicyclic amines) is 1. The summed E-state index contributed by atoms with van der Waals surface area (Å²) in [4.78, 5) is 13.0. The van der Waals surface area contributed by atoms with Crippen molar-refractivity contribution in [2.24, 2.45) is 0 Å². The maximum absolute atomic E-state index is 12.0. The first-order chi connectivity index (χ1) is 13.2. The molecule has 3 rings (SSSR count). The number of nitrogens with one attached hydrogen (secondary N) is 2. The van der Waals surface area contributed by atoms with Crippen LogP contribution >= 0.6 is 11.6 Å². The molecule has 10 heteroatoms. The fourth-order valence-electron chi connectivity index (χ4n) is 3.51. The first kappa shape index (κ1) is 20.5. The van der Waals surface area contributed by atoms with Crippen LogP contribution in [0.3, 0.4) is 0 Å². The molecule has 8 nitrogen and oxygen atoms in total. The summed E-state index contributed by atoms with van der Waals surface area (Å²) in [7, 11) is -0.508. The Morgan fingerprint density at radius 3 is 2.50 bits per heavy atom. The monoisotopic (exact) mass is 424 g/mol. The summed E-state index contributed by atoms with van der Waals surface area (Å²) in [5, 5.41) is 15.4. The Kier molecular flexibility index (Phi) is 5.90. The van der Waals surface area contributed by atoms with Crippen LogP contribution < -0.4 is 10.0 Å². The Bertz CT molecular complexity index is 982. The van der Waals surface area contributed by atoms with E-state index in [4.69, 9.17) is 11.6 Å². The van der Waals surface area contributed by atoms with Crippen molar-refractivity contribution in [2.45, 2.75) is 23.4 Å². The van der Waals surface area contributed by atoms with Crippen LogP contribution in [0, 0.1) is 10.1 Å². The number of rotatable bonds is 6. The van der Waals surface area contributed by atoms with Gasteiger partial charge in [-0.1, -0.05) is 23.7 Å². The third kappa shape index (κ3) is 4.12. The molecule has 2 aromatic carbocycles. The van der Waals surface area contributed by atoms with Crippen LogP contribution in [0.15, 0.2) is 47.4 Å². The molecule has 0 spiro atoms. The summed E-state index contributed by atoms with van der Waals surface area (Å²) in [5.74, 6) is 0. The highest BCUT2D eigenvalue weighted by molar-refractivity contribution is 7.89. The molecular weight excluding hydrogens is 404 g/mol. The lowest BCUT2D eigenvalue weighted by Gasteiger charge is -2.27. The van der Waals surface area contributed by atoms with Gasteiger partial charge in [-0.15, -0.1) is 0 Å². The lowest BCUT2D eigenvalue weighted by atomic mass is 10.00. The summed E-state index contributed by atoms with van der Waals surface area (Å²) in [5.41, 5.74) is 1.07. The average Bonchev–Trinajstić information content (AvgIpc) is 3.02. The average molecular weight is 425 g/mol. The normalized spacial score (nSPS) is 20.2. The number of nitro groups is 1. The third-order valence-electron chi connectivity index (χ3n) is 4.95. The van der Waals surface area contributed by atoms with Crippen molar-refractivity contribution >= 4 is 33.0 Å². The summed E-state index contributed by atoms with van der Waals surface area (Å²) in [6.45, 7) is 0.824. The van der Waals surface area contributed by atoms with Gasteiger partial charge in [-0.25, -0.2) is 13.1 Å². The van der Waals surface area contributed by atoms with Crippen molar-refractivity contribution in [2.75, 3.05) is 26.0 Å². The van der Waals surface area contributed by atoms with Crippen molar-refractivity contribution in [3.05, 3.63) is 63.2 Å². The third-order valence-corrected chi connectivity index (χ3v) is 6.61. The minimum absolute atomic E-state index is 0.0117. The number of nitrogens with zero attached hydrogens (tertiary/aromatic N) is 2. The lowest BCUT2D eigenvalue weighted by Crippen LogP contribution is -2.29. The van der Waals surface area contributed by atoms with Crippen LogP contribution in [0.5, 0.6) is 0 Å². The van der Waals surface area contributed by atoms with Crippen molar-refractivity contribution in [3.63, 3.8) is 0 Å². The van der Waals surface area contributed by atoms with Crippen molar-refractivity contribution in [1.82, 2.24) is 9.62 Å². The maximum atomic E-state index is 12.0. The second-order valence-corrected chi connectivity index (χ2v) is 8.98. The Morgan fingerprint density at radius 2 is 1.89 bits per heavy atom. The first-order valence-corrected chi connectivity index (χ1v) is 10.5. The molecule has 1 saturated heterocycles. The summed E-state index contributed by atoms with van der Waals surface area (Å²) < 4.78 is 26.1. The Morgan fingerprint density at radius 1 is 1.21 bits per heavy atom. The quantitative estimate of drug-likeness (QED) is 0.545. The fraction of sp³-hybridized carbons (Fsp3) is 0.333. The second-order valence-electron chi connectivity index (χ2n) is 6.66. The zero-order valence-corrected chi connectivity index (χ0v) is 17.0. The van der Waals surface area contributed by atoms with E-state index in [1.807, 2.05) is 31.3 Å². The van der Waals surface area contributed by atoms with E-state index in [0.29, 0.717) is 10.7 Å². The van der Waals surface area contributed by atoms with Gasteiger partial charge in [0, 0.05) is 23.7 Å². The van der Waals surface area contributed by atoms with Gasteiger partial charge in [0.25, 0.3) is 5.69 Å². The number of hydrogen-bond donors (Lipinski definition) is 2. The molecule has 1 aliphatic heterocycles. The molecule has 150 valence electrons. The molecule has 0 radical (unpaired) electrons. The van der Waals surface area contributed by atoms with Crippen LogP contribution in [-0.4, -0.2) is 44.9 Å². The van der Waals surface area contributed by atoms with E-state index in [2.05, 4.69) is 14.9 Å². The van der Waals surface area contributed by atoms with Gasteiger partial charge in [-0.2, -0.15) is 0 Å². The van der Waals surface area contributed by atoms with Gasteiger partial charge in [0.05, 0.1) is 15.9 Å². The van der Waals surface area contributed by atoms with Gasteiger partial charge in [0.2, 0.25) is 10.0 Å². The van der Waals surface area contributed by atoms with Gasteiger partial charge in [-0.3, -0.25) is 15.0 Å². The second kappa shape index (κ2) is 8.04.